The summed E-state index contributed by atoms with van der Waals surface area (Å²) in [4.78, 5) is 23.9. The van der Waals surface area contributed by atoms with Crippen LogP contribution in [-0.4, -0.2) is 29.0 Å². The summed E-state index contributed by atoms with van der Waals surface area (Å²) in [5.74, 6) is 0.865. The Morgan fingerprint density at radius 3 is 2.55 bits per heavy atom. The Hall–Kier alpha value is -3.21. The van der Waals surface area contributed by atoms with Crippen molar-refractivity contribution in [2.45, 2.75) is 32.7 Å². The number of aryl methyl sites for hydroxylation is 1. The molecule has 1 aliphatic rings. The second kappa shape index (κ2) is 8.43. The van der Waals surface area contributed by atoms with E-state index >= 15 is 0 Å². The van der Waals surface area contributed by atoms with Crippen LogP contribution in [0.1, 0.15) is 47.3 Å². The minimum atomic E-state index is -0.0891. The fourth-order valence-corrected chi connectivity index (χ4v) is 3.66. The first-order chi connectivity index (χ1) is 14.1. The topological polar surface area (TPSA) is 58.1 Å². The number of hydrogen-bond acceptors (Lipinski definition) is 4. The number of aromatic nitrogens is 2. The molecule has 5 heteroatoms. The summed E-state index contributed by atoms with van der Waals surface area (Å²) < 4.78 is 0. The smallest absolute Gasteiger partial charge is 0.251 e. The van der Waals surface area contributed by atoms with E-state index in [1.807, 2.05) is 37.3 Å². The van der Waals surface area contributed by atoms with Crippen molar-refractivity contribution in [3.05, 3.63) is 77.6 Å². The summed E-state index contributed by atoms with van der Waals surface area (Å²) in [7, 11) is 0. The van der Waals surface area contributed by atoms with E-state index in [9.17, 15) is 4.79 Å². The number of anilines is 1. The Kier molecular flexibility index (Phi) is 5.56. The molecule has 2 aromatic carbocycles. The van der Waals surface area contributed by atoms with E-state index in [-0.39, 0.29) is 11.9 Å². The van der Waals surface area contributed by atoms with Gasteiger partial charge in [-0.25, -0.2) is 9.97 Å². The molecule has 4 rings (SSSR count). The highest BCUT2D eigenvalue weighted by Gasteiger charge is 2.16. The Labute approximate surface area is 171 Å². The van der Waals surface area contributed by atoms with Gasteiger partial charge >= 0.3 is 0 Å². The number of carbonyl (C=O) groups excluding carboxylic acids is 1. The summed E-state index contributed by atoms with van der Waals surface area (Å²) in [5.41, 5.74) is 4.68. The van der Waals surface area contributed by atoms with E-state index in [0.29, 0.717) is 5.56 Å². The molecule has 148 valence electrons. The van der Waals surface area contributed by atoms with Crippen LogP contribution in [0.25, 0.3) is 11.3 Å². The molecule has 1 unspecified atom stereocenters. The van der Waals surface area contributed by atoms with Crippen LogP contribution in [0.3, 0.4) is 0 Å². The van der Waals surface area contributed by atoms with Crippen molar-refractivity contribution in [3.63, 3.8) is 0 Å². The molecule has 1 aromatic heterocycles. The Morgan fingerprint density at radius 1 is 1.03 bits per heavy atom. The quantitative estimate of drug-likeness (QED) is 0.699. The van der Waals surface area contributed by atoms with E-state index in [1.54, 1.807) is 6.33 Å². The molecular weight excluding hydrogens is 360 g/mol. The van der Waals surface area contributed by atoms with Crippen molar-refractivity contribution in [1.82, 2.24) is 15.3 Å². The number of nitrogens with zero attached hydrogens (tertiary/aromatic N) is 3. The van der Waals surface area contributed by atoms with Gasteiger partial charge in [-0.2, -0.15) is 0 Å². The second-order valence-corrected chi connectivity index (χ2v) is 7.64. The maximum absolute atomic E-state index is 12.8. The second-order valence-electron chi connectivity index (χ2n) is 7.64. The lowest BCUT2D eigenvalue weighted by molar-refractivity contribution is 0.0940. The van der Waals surface area contributed by atoms with Gasteiger partial charge in [0.2, 0.25) is 0 Å². The van der Waals surface area contributed by atoms with Crippen LogP contribution >= 0.6 is 0 Å². The SMILES string of the molecule is Cc1ccc(C(C)NC(=O)c2cccc(-c3cc(N4CCCC4)ncn3)c2)cc1. The van der Waals surface area contributed by atoms with Crippen LogP contribution < -0.4 is 10.2 Å². The molecule has 1 amide bonds. The molecule has 2 heterocycles. The lowest BCUT2D eigenvalue weighted by Crippen LogP contribution is -2.26. The van der Waals surface area contributed by atoms with Gasteiger partial charge in [-0.3, -0.25) is 4.79 Å². The number of nitrogens with one attached hydrogen (secondary N) is 1. The normalized spacial score (nSPS) is 14.6. The molecule has 1 N–H and O–H groups in total. The molecule has 0 radical (unpaired) electrons. The number of hydrogen-bond donors (Lipinski definition) is 1. The third-order valence-electron chi connectivity index (χ3n) is 5.43. The first kappa shape index (κ1) is 19.1. The maximum atomic E-state index is 12.8. The minimum Gasteiger partial charge on any atom is -0.357 e. The van der Waals surface area contributed by atoms with Crippen LogP contribution in [0.4, 0.5) is 5.82 Å². The highest BCUT2D eigenvalue weighted by molar-refractivity contribution is 5.95. The molecular formula is C24H26N4O. The van der Waals surface area contributed by atoms with Crippen LogP contribution in [0, 0.1) is 6.92 Å². The summed E-state index contributed by atoms with van der Waals surface area (Å²) in [6.45, 7) is 6.13. The zero-order valence-electron chi connectivity index (χ0n) is 16.9. The van der Waals surface area contributed by atoms with Gasteiger partial charge < -0.3 is 10.2 Å². The van der Waals surface area contributed by atoms with Gasteiger partial charge in [0, 0.05) is 30.3 Å². The number of benzene rings is 2. The van der Waals surface area contributed by atoms with Gasteiger partial charge in [0.1, 0.15) is 12.1 Å². The van der Waals surface area contributed by atoms with E-state index in [2.05, 4.69) is 51.4 Å². The summed E-state index contributed by atoms with van der Waals surface area (Å²) in [5, 5.41) is 3.09. The van der Waals surface area contributed by atoms with Crippen molar-refractivity contribution < 1.29 is 4.79 Å². The fraction of sp³-hybridized carbons (Fsp3) is 0.292. The van der Waals surface area contributed by atoms with Crippen LogP contribution in [0.2, 0.25) is 0 Å². The first-order valence-corrected chi connectivity index (χ1v) is 10.1. The lowest BCUT2D eigenvalue weighted by Gasteiger charge is -2.17. The number of carbonyl (C=O) groups is 1. The van der Waals surface area contributed by atoms with E-state index < -0.39 is 0 Å². The molecule has 0 saturated carbocycles. The standard InChI is InChI=1S/C24H26N4O/c1-17-8-10-19(11-9-17)18(2)27-24(29)21-7-5-6-20(14-21)22-15-23(26-16-25-22)28-12-3-4-13-28/h5-11,14-16,18H,3-4,12-13H2,1-2H3,(H,27,29). The zero-order valence-corrected chi connectivity index (χ0v) is 16.9. The predicted octanol–water partition coefficient (Wildman–Crippen LogP) is 4.54. The molecule has 1 atom stereocenters. The van der Waals surface area contributed by atoms with Gasteiger partial charge in [0.05, 0.1) is 11.7 Å². The molecule has 5 nitrogen and oxygen atoms in total. The highest BCUT2D eigenvalue weighted by atomic mass is 16.1. The Morgan fingerprint density at radius 2 is 1.79 bits per heavy atom. The fourth-order valence-electron chi connectivity index (χ4n) is 3.66. The molecule has 1 fully saturated rings. The average Bonchev–Trinajstić information content (AvgIpc) is 3.29. The Bertz CT molecular complexity index is 994. The molecule has 1 saturated heterocycles. The zero-order chi connectivity index (χ0) is 20.2. The molecule has 3 aromatic rings. The van der Waals surface area contributed by atoms with Crippen molar-refractivity contribution in [1.29, 1.82) is 0 Å². The van der Waals surface area contributed by atoms with Crippen LogP contribution in [0.5, 0.6) is 0 Å². The van der Waals surface area contributed by atoms with Crippen molar-refractivity contribution >= 4 is 11.7 Å². The largest absolute Gasteiger partial charge is 0.357 e. The van der Waals surface area contributed by atoms with Gasteiger partial charge in [0.15, 0.2) is 0 Å². The van der Waals surface area contributed by atoms with Crippen LogP contribution in [-0.2, 0) is 0 Å². The van der Waals surface area contributed by atoms with Gasteiger partial charge in [0.25, 0.3) is 5.91 Å². The summed E-state index contributed by atoms with van der Waals surface area (Å²) in [6, 6.07) is 17.8. The average molecular weight is 386 g/mol. The monoisotopic (exact) mass is 386 g/mol. The van der Waals surface area contributed by atoms with Crippen molar-refractivity contribution in [2.75, 3.05) is 18.0 Å². The maximum Gasteiger partial charge on any atom is 0.251 e. The van der Waals surface area contributed by atoms with Crippen molar-refractivity contribution in [3.8, 4) is 11.3 Å². The van der Waals surface area contributed by atoms with Crippen LogP contribution in [0.15, 0.2) is 60.9 Å². The van der Waals surface area contributed by atoms with Gasteiger partial charge in [-0.05, 0) is 44.4 Å². The third kappa shape index (κ3) is 4.45. The van der Waals surface area contributed by atoms with E-state index in [4.69, 9.17) is 0 Å². The highest BCUT2D eigenvalue weighted by Crippen LogP contribution is 2.24. The van der Waals surface area contributed by atoms with Gasteiger partial charge in [-0.15, -0.1) is 0 Å². The summed E-state index contributed by atoms with van der Waals surface area (Å²) in [6.07, 6.45) is 4.01. The predicted molar refractivity (Wildman–Crippen MR) is 116 cm³/mol. The number of amides is 1. The molecule has 29 heavy (non-hydrogen) atoms. The molecule has 0 bridgehead atoms. The number of rotatable bonds is 5. The molecule has 1 aliphatic heterocycles. The Balaban J connectivity index is 1.51. The third-order valence-corrected chi connectivity index (χ3v) is 5.43. The molecule has 0 spiro atoms. The van der Waals surface area contributed by atoms with E-state index in [1.165, 1.54) is 18.4 Å². The minimum absolute atomic E-state index is 0.0624. The van der Waals surface area contributed by atoms with Gasteiger partial charge in [-0.1, -0.05) is 42.0 Å². The van der Waals surface area contributed by atoms with E-state index in [0.717, 1.165) is 35.7 Å². The summed E-state index contributed by atoms with van der Waals surface area (Å²) >= 11 is 0. The first-order valence-electron chi connectivity index (χ1n) is 10.1. The molecule has 0 aliphatic carbocycles. The van der Waals surface area contributed by atoms with Crippen molar-refractivity contribution in [2.24, 2.45) is 0 Å². The lowest BCUT2D eigenvalue weighted by atomic mass is 10.0.